The summed E-state index contributed by atoms with van der Waals surface area (Å²) < 4.78 is 0. The maximum atomic E-state index is 11.4. The lowest BCUT2D eigenvalue weighted by molar-refractivity contribution is -0.114. The molecule has 2 N–H and O–H groups in total. The van der Waals surface area contributed by atoms with E-state index in [0.717, 1.165) is 40.1 Å². The standard InChI is InChI=1S/C23H39NO2S/c1-6-7-8-9-10-11-12-13-14-15-22(26)27-23-17(2)16-21(24-20(5)25)18(3)19(23)4/h16,22,26H,6-15H2,1-5H3,(H,24,25)/t22-/m0/s1. The Balaban J connectivity index is 2.39. The highest BCUT2D eigenvalue weighted by Crippen LogP contribution is 2.35. The molecule has 0 aromatic heterocycles. The van der Waals surface area contributed by atoms with Crippen molar-refractivity contribution in [2.75, 3.05) is 5.32 Å². The fraction of sp³-hybridized carbons (Fsp3) is 0.696. The molecule has 1 amide bonds. The molecule has 154 valence electrons. The average Bonchev–Trinajstić information content (AvgIpc) is 2.61. The minimum absolute atomic E-state index is 0.0531. The van der Waals surface area contributed by atoms with E-state index >= 15 is 0 Å². The average molecular weight is 394 g/mol. The van der Waals surface area contributed by atoms with E-state index in [2.05, 4.69) is 19.2 Å². The second-order valence-electron chi connectivity index (χ2n) is 7.69. The number of thioether (sulfide) groups is 1. The molecule has 0 radical (unpaired) electrons. The van der Waals surface area contributed by atoms with E-state index in [-0.39, 0.29) is 11.3 Å². The molecule has 0 spiro atoms. The van der Waals surface area contributed by atoms with Crippen molar-refractivity contribution in [2.45, 2.75) is 109 Å². The minimum Gasteiger partial charge on any atom is -0.382 e. The fourth-order valence-corrected chi connectivity index (χ4v) is 4.52. The normalized spacial score (nSPS) is 12.2. The smallest absolute Gasteiger partial charge is 0.221 e. The zero-order chi connectivity index (χ0) is 20.2. The van der Waals surface area contributed by atoms with Gasteiger partial charge in [0.05, 0.1) is 0 Å². The molecule has 0 fully saturated rings. The highest BCUT2D eigenvalue weighted by molar-refractivity contribution is 7.99. The van der Waals surface area contributed by atoms with Crippen LogP contribution in [0.25, 0.3) is 0 Å². The van der Waals surface area contributed by atoms with Crippen LogP contribution in [0.5, 0.6) is 0 Å². The summed E-state index contributed by atoms with van der Waals surface area (Å²) >= 11 is 1.56. The summed E-state index contributed by atoms with van der Waals surface area (Å²) in [5.41, 5.74) is 3.84. The minimum atomic E-state index is -0.363. The number of rotatable bonds is 13. The molecule has 1 aromatic rings. The van der Waals surface area contributed by atoms with Crippen LogP contribution in [-0.4, -0.2) is 16.4 Å². The van der Waals surface area contributed by atoms with Crippen LogP contribution in [0, 0.1) is 20.8 Å². The number of aliphatic hydroxyl groups excluding tert-OH is 1. The zero-order valence-electron chi connectivity index (χ0n) is 18.0. The molecule has 27 heavy (non-hydrogen) atoms. The number of nitrogens with one attached hydrogen (secondary N) is 1. The number of anilines is 1. The summed E-state index contributed by atoms with van der Waals surface area (Å²) in [5.74, 6) is -0.0531. The third kappa shape index (κ3) is 9.16. The molecule has 4 heteroatoms. The lowest BCUT2D eigenvalue weighted by Crippen LogP contribution is -2.09. The highest BCUT2D eigenvalue weighted by Gasteiger charge is 2.15. The molecule has 0 bridgehead atoms. The first-order valence-electron chi connectivity index (χ1n) is 10.6. The number of aliphatic hydroxyl groups is 1. The fourth-order valence-electron chi connectivity index (χ4n) is 3.38. The third-order valence-electron chi connectivity index (χ3n) is 5.15. The zero-order valence-corrected chi connectivity index (χ0v) is 18.8. The van der Waals surface area contributed by atoms with E-state index < -0.39 is 0 Å². The Hall–Kier alpha value is -1.00. The molecular formula is C23H39NO2S. The summed E-state index contributed by atoms with van der Waals surface area (Å²) in [4.78, 5) is 12.5. The first kappa shape index (κ1) is 24.0. The van der Waals surface area contributed by atoms with Gasteiger partial charge in [-0.05, 0) is 56.4 Å². The van der Waals surface area contributed by atoms with Gasteiger partial charge in [-0.3, -0.25) is 4.79 Å². The Morgan fingerprint density at radius 3 is 2.11 bits per heavy atom. The molecule has 0 saturated heterocycles. The first-order chi connectivity index (χ1) is 12.9. The molecule has 0 unspecified atom stereocenters. The van der Waals surface area contributed by atoms with E-state index in [4.69, 9.17) is 0 Å². The van der Waals surface area contributed by atoms with Gasteiger partial charge in [0, 0.05) is 17.5 Å². The topological polar surface area (TPSA) is 49.3 Å². The van der Waals surface area contributed by atoms with E-state index in [0.29, 0.717) is 0 Å². The van der Waals surface area contributed by atoms with Crippen LogP contribution >= 0.6 is 11.8 Å². The molecule has 0 aliphatic rings. The summed E-state index contributed by atoms with van der Waals surface area (Å²) in [6.07, 6.45) is 12.5. The van der Waals surface area contributed by atoms with Crippen molar-refractivity contribution in [3.05, 3.63) is 22.8 Å². The quantitative estimate of drug-likeness (QED) is 0.218. The number of amides is 1. The van der Waals surface area contributed by atoms with Crippen molar-refractivity contribution in [2.24, 2.45) is 0 Å². The number of hydrogen-bond acceptors (Lipinski definition) is 3. The van der Waals surface area contributed by atoms with E-state index in [1.54, 1.807) is 11.8 Å². The Kier molecular flexibility index (Phi) is 11.8. The third-order valence-corrected chi connectivity index (χ3v) is 6.52. The van der Waals surface area contributed by atoms with Crippen LogP contribution in [0.1, 0.15) is 94.7 Å². The van der Waals surface area contributed by atoms with Gasteiger partial charge < -0.3 is 10.4 Å². The van der Waals surface area contributed by atoms with Crippen molar-refractivity contribution in [3.8, 4) is 0 Å². The number of carbonyl (C=O) groups is 1. The summed E-state index contributed by atoms with van der Waals surface area (Å²) in [5, 5.41) is 13.3. The van der Waals surface area contributed by atoms with E-state index in [1.807, 2.05) is 19.9 Å². The summed E-state index contributed by atoms with van der Waals surface area (Å²) in [6.45, 7) is 9.93. The number of carbonyl (C=O) groups excluding carboxylic acids is 1. The second-order valence-corrected chi connectivity index (χ2v) is 8.88. The Morgan fingerprint density at radius 1 is 1.00 bits per heavy atom. The maximum absolute atomic E-state index is 11.4. The number of hydrogen-bond donors (Lipinski definition) is 2. The van der Waals surface area contributed by atoms with Crippen molar-refractivity contribution in [1.82, 2.24) is 0 Å². The van der Waals surface area contributed by atoms with Gasteiger partial charge in [0.1, 0.15) is 5.44 Å². The van der Waals surface area contributed by atoms with Crippen LogP contribution in [0.15, 0.2) is 11.0 Å². The Bertz CT molecular complexity index is 586. The molecule has 0 saturated carbocycles. The molecule has 1 atom stereocenters. The molecule has 1 rings (SSSR count). The molecule has 3 nitrogen and oxygen atoms in total. The van der Waals surface area contributed by atoms with Crippen molar-refractivity contribution >= 4 is 23.4 Å². The van der Waals surface area contributed by atoms with Crippen LogP contribution in [0.2, 0.25) is 0 Å². The van der Waals surface area contributed by atoms with Crippen molar-refractivity contribution in [3.63, 3.8) is 0 Å². The van der Waals surface area contributed by atoms with Crippen LogP contribution in [-0.2, 0) is 4.79 Å². The highest BCUT2D eigenvalue weighted by atomic mass is 32.2. The van der Waals surface area contributed by atoms with Crippen LogP contribution in [0.3, 0.4) is 0 Å². The molecular weight excluding hydrogens is 354 g/mol. The van der Waals surface area contributed by atoms with Gasteiger partial charge in [0.2, 0.25) is 5.91 Å². The summed E-state index contributed by atoms with van der Waals surface area (Å²) in [6, 6.07) is 2.01. The molecule has 0 aliphatic heterocycles. The SMILES string of the molecule is CCCCCCCCCCC[C@@H](O)Sc1c(C)cc(NC(C)=O)c(C)c1C. The lowest BCUT2D eigenvalue weighted by Gasteiger charge is -2.19. The first-order valence-corrected chi connectivity index (χ1v) is 11.5. The van der Waals surface area contributed by atoms with E-state index in [9.17, 15) is 9.90 Å². The number of benzene rings is 1. The van der Waals surface area contributed by atoms with Crippen LogP contribution in [0.4, 0.5) is 5.69 Å². The molecule has 1 aromatic carbocycles. The Morgan fingerprint density at radius 2 is 1.56 bits per heavy atom. The maximum Gasteiger partial charge on any atom is 0.221 e. The monoisotopic (exact) mass is 393 g/mol. The predicted molar refractivity (Wildman–Crippen MR) is 119 cm³/mol. The van der Waals surface area contributed by atoms with Gasteiger partial charge in [-0.2, -0.15) is 0 Å². The Labute approximate surface area is 170 Å². The number of aryl methyl sites for hydroxylation is 1. The largest absolute Gasteiger partial charge is 0.382 e. The van der Waals surface area contributed by atoms with E-state index in [1.165, 1.54) is 58.3 Å². The number of unbranched alkanes of at least 4 members (excludes halogenated alkanes) is 8. The van der Waals surface area contributed by atoms with Gasteiger partial charge in [-0.25, -0.2) is 0 Å². The van der Waals surface area contributed by atoms with Gasteiger partial charge in [-0.15, -0.1) is 0 Å². The van der Waals surface area contributed by atoms with Gasteiger partial charge >= 0.3 is 0 Å². The molecule has 0 aliphatic carbocycles. The summed E-state index contributed by atoms with van der Waals surface area (Å²) in [7, 11) is 0. The van der Waals surface area contributed by atoms with Gasteiger partial charge in [0.25, 0.3) is 0 Å². The second kappa shape index (κ2) is 13.2. The van der Waals surface area contributed by atoms with Gasteiger partial charge in [0.15, 0.2) is 0 Å². The van der Waals surface area contributed by atoms with Crippen molar-refractivity contribution < 1.29 is 9.90 Å². The van der Waals surface area contributed by atoms with Crippen LogP contribution < -0.4 is 5.32 Å². The predicted octanol–water partition coefficient (Wildman–Crippen LogP) is 6.90. The molecule has 0 heterocycles. The lowest BCUT2D eigenvalue weighted by atomic mass is 10.0. The van der Waals surface area contributed by atoms with Crippen molar-refractivity contribution in [1.29, 1.82) is 0 Å². The van der Waals surface area contributed by atoms with Gasteiger partial charge in [-0.1, -0.05) is 70.1 Å².